The van der Waals surface area contributed by atoms with Crippen LogP contribution in [-0.2, 0) is 0 Å². The van der Waals surface area contributed by atoms with Gasteiger partial charge in [-0.1, -0.05) is 13.3 Å². The fourth-order valence-electron chi connectivity index (χ4n) is 2.73. The van der Waals surface area contributed by atoms with Crippen molar-refractivity contribution in [3.05, 3.63) is 29.3 Å². The number of guanidine groups is 1. The molecule has 132 valence electrons. The van der Waals surface area contributed by atoms with Gasteiger partial charge in [-0.25, -0.2) is 0 Å². The zero-order valence-electron chi connectivity index (χ0n) is 14.7. The minimum absolute atomic E-state index is 0.297. The van der Waals surface area contributed by atoms with Crippen molar-refractivity contribution in [3.63, 3.8) is 0 Å². The molecule has 0 aliphatic carbocycles. The molecule has 0 bridgehead atoms. The first kappa shape index (κ1) is 18.6. The Morgan fingerprint density at radius 3 is 2.80 bits per heavy atom. The number of nitrogens with zero attached hydrogens (tertiary/aromatic N) is 3. The van der Waals surface area contributed by atoms with Gasteiger partial charge in [0.1, 0.15) is 17.5 Å². The van der Waals surface area contributed by atoms with E-state index in [9.17, 15) is 5.11 Å². The maximum atomic E-state index is 10.8. The predicted molar refractivity (Wildman–Crippen MR) is 93.7 cm³/mol. The van der Waals surface area contributed by atoms with Crippen LogP contribution >= 0.6 is 0 Å². The molecule has 1 aromatic rings. The van der Waals surface area contributed by atoms with Crippen molar-refractivity contribution in [2.24, 2.45) is 4.99 Å². The van der Waals surface area contributed by atoms with Crippen LogP contribution in [0.5, 0.6) is 5.75 Å². The second-order valence-corrected chi connectivity index (χ2v) is 6.48. The van der Waals surface area contributed by atoms with E-state index >= 15 is 0 Å². The Balaban J connectivity index is 2.35. The predicted octanol–water partition coefficient (Wildman–Crippen LogP) is 1.95. The van der Waals surface area contributed by atoms with Gasteiger partial charge in [0.15, 0.2) is 0 Å². The summed E-state index contributed by atoms with van der Waals surface area (Å²) in [5.74, 6) is 0.891. The van der Waals surface area contributed by atoms with Crippen molar-refractivity contribution in [3.8, 4) is 18.0 Å². The number of aliphatic hydroxyl groups is 1. The summed E-state index contributed by atoms with van der Waals surface area (Å²) in [5, 5.41) is 35.0. The number of hydrogen-bond donors (Lipinski definition) is 3. The Bertz CT molecular complexity index is 730. The second kappa shape index (κ2) is 7.87. The standard InChI is InChI=1S/C18H23N5O2/c1-4-5-8-21-17(22-11-20)23-15-13-9-12(10-19)6-7-14(13)25-18(2,3)16(15)24/h6-7,9,15-16,24H,4-5,8H2,1-3H3,(H2,21,22,23)/t15-,16+/m1/s1. The van der Waals surface area contributed by atoms with Crippen molar-refractivity contribution in [2.45, 2.75) is 51.4 Å². The second-order valence-electron chi connectivity index (χ2n) is 6.48. The van der Waals surface area contributed by atoms with Crippen LogP contribution in [0.2, 0.25) is 0 Å². The lowest BCUT2D eigenvalue weighted by Crippen LogP contribution is -2.55. The molecule has 7 heteroatoms. The number of benzene rings is 1. The van der Waals surface area contributed by atoms with Crippen LogP contribution in [0.4, 0.5) is 0 Å². The number of nitrogens with one attached hydrogen (secondary N) is 2. The fraction of sp³-hybridized carbons (Fsp3) is 0.500. The minimum Gasteiger partial charge on any atom is -0.485 e. The van der Waals surface area contributed by atoms with E-state index < -0.39 is 17.7 Å². The number of fused-ring (bicyclic) bond motifs is 1. The molecule has 0 aromatic heterocycles. The molecule has 2 atom stereocenters. The summed E-state index contributed by atoms with van der Waals surface area (Å²) in [7, 11) is 0. The van der Waals surface area contributed by atoms with Crippen LogP contribution in [0, 0.1) is 22.8 Å². The van der Waals surface area contributed by atoms with Gasteiger partial charge < -0.3 is 20.5 Å². The molecule has 0 radical (unpaired) electrons. The van der Waals surface area contributed by atoms with Gasteiger partial charge in [-0.3, -0.25) is 0 Å². The van der Waals surface area contributed by atoms with Gasteiger partial charge in [-0.2, -0.15) is 10.5 Å². The van der Waals surface area contributed by atoms with E-state index in [1.165, 1.54) is 0 Å². The van der Waals surface area contributed by atoms with Crippen molar-refractivity contribution in [2.75, 3.05) is 6.54 Å². The third kappa shape index (κ3) is 4.20. The van der Waals surface area contributed by atoms with Gasteiger partial charge in [-0.15, -0.1) is 4.99 Å². The Labute approximate surface area is 147 Å². The van der Waals surface area contributed by atoms with Crippen molar-refractivity contribution in [1.82, 2.24) is 10.6 Å². The lowest BCUT2D eigenvalue weighted by molar-refractivity contribution is -0.0612. The highest BCUT2D eigenvalue weighted by atomic mass is 16.5. The third-order valence-electron chi connectivity index (χ3n) is 4.15. The quantitative estimate of drug-likeness (QED) is 0.334. The SMILES string of the molecule is CCCCNC(=NC#N)N[C@@H]1c2cc(C#N)ccc2OC(C)(C)[C@H]1O. The monoisotopic (exact) mass is 341 g/mol. The van der Waals surface area contributed by atoms with E-state index in [1.54, 1.807) is 38.2 Å². The largest absolute Gasteiger partial charge is 0.485 e. The lowest BCUT2D eigenvalue weighted by Gasteiger charge is -2.42. The molecule has 0 unspecified atom stereocenters. The molecule has 1 aromatic carbocycles. The van der Waals surface area contributed by atoms with Crippen LogP contribution in [-0.4, -0.2) is 29.3 Å². The summed E-state index contributed by atoms with van der Waals surface area (Å²) < 4.78 is 5.88. The van der Waals surface area contributed by atoms with Crippen molar-refractivity contribution < 1.29 is 9.84 Å². The zero-order valence-corrected chi connectivity index (χ0v) is 14.7. The normalized spacial score (nSPS) is 21.3. The molecule has 1 aliphatic rings. The number of rotatable bonds is 4. The molecule has 1 aliphatic heterocycles. The van der Waals surface area contributed by atoms with E-state index in [0.717, 1.165) is 12.8 Å². The molecule has 2 rings (SSSR count). The van der Waals surface area contributed by atoms with Crippen LogP contribution < -0.4 is 15.4 Å². The summed E-state index contributed by atoms with van der Waals surface area (Å²) in [6, 6.07) is 6.61. The maximum Gasteiger partial charge on any atom is 0.209 e. The van der Waals surface area contributed by atoms with E-state index in [1.807, 2.05) is 0 Å². The number of unbranched alkanes of at least 4 members (excludes halogenated alkanes) is 1. The van der Waals surface area contributed by atoms with Crippen LogP contribution in [0.1, 0.15) is 50.8 Å². The summed E-state index contributed by atoms with van der Waals surface area (Å²) in [6.45, 7) is 6.32. The summed E-state index contributed by atoms with van der Waals surface area (Å²) >= 11 is 0. The number of nitriles is 2. The maximum absolute atomic E-state index is 10.8. The van der Waals surface area contributed by atoms with Gasteiger partial charge in [-0.05, 0) is 38.5 Å². The fourth-order valence-corrected chi connectivity index (χ4v) is 2.73. The molecule has 0 amide bonds. The number of hydrogen-bond acceptors (Lipinski definition) is 5. The molecule has 0 spiro atoms. The van der Waals surface area contributed by atoms with Crippen LogP contribution in [0.15, 0.2) is 23.2 Å². The summed E-state index contributed by atoms with van der Waals surface area (Å²) in [5.41, 5.74) is 0.299. The molecule has 0 saturated carbocycles. The van der Waals surface area contributed by atoms with E-state index in [2.05, 4.69) is 28.6 Å². The van der Waals surface area contributed by atoms with Gasteiger partial charge in [0.25, 0.3) is 0 Å². The highest BCUT2D eigenvalue weighted by Gasteiger charge is 2.43. The summed E-state index contributed by atoms with van der Waals surface area (Å²) in [6.07, 6.45) is 2.81. The van der Waals surface area contributed by atoms with Gasteiger partial charge in [0.05, 0.1) is 17.7 Å². The van der Waals surface area contributed by atoms with Crippen molar-refractivity contribution >= 4 is 5.96 Å². The minimum atomic E-state index is -0.897. The summed E-state index contributed by atoms with van der Waals surface area (Å²) in [4.78, 5) is 3.77. The first-order valence-electron chi connectivity index (χ1n) is 8.31. The average Bonchev–Trinajstić information content (AvgIpc) is 2.58. The average molecular weight is 341 g/mol. The Kier molecular flexibility index (Phi) is 5.84. The first-order chi connectivity index (χ1) is 11.9. The Morgan fingerprint density at radius 2 is 2.16 bits per heavy atom. The topological polar surface area (TPSA) is 113 Å². The third-order valence-corrected chi connectivity index (χ3v) is 4.15. The molecule has 7 nitrogen and oxygen atoms in total. The Hall–Kier alpha value is -2.77. The highest BCUT2D eigenvalue weighted by molar-refractivity contribution is 5.81. The van der Waals surface area contributed by atoms with Gasteiger partial charge in [0, 0.05) is 12.1 Å². The van der Waals surface area contributed by atoms with Crippen molar-refractivity contribution in [1.29, 1.82) is 10.5 Å². The molecule has 0 saturated heterocycles. The Morgan fingerprint density at radius 1 is 1.40 bits per heavy atom. The van der Waals surface area contributed by atoms with E-state index in [-0.39, 0.29) is 0 Å². The lowest BCUT2D eigenvalue weighted by atomic mass is 9.86. The van der Waals surface area contributed by atoms with Crippen LogP contribution in [0.25, 0.3) is 0 Å². The van der Waals surface area contributed by atoms with E-state index in [0.29, 0.717) is 29.4 Å². The smallest absolute Gasteiger partial charge is 0.209 e. The molecule has 1 heterocycles. The zero-order chi connectivity index (χ0) is 18.4. The van der Waals surface area contributed by atoms with Gasteiger partial charge >= 0.3 is 0 Å². The molecule has 3 N–H and O–H groups in total. The number of aliphatic imine (C=N–C) groups is 1. The van der Waals surface area contributed by atoms with Crippen LogP contribution in [0.3, 0.4) is 0 Å². The van der Waals surface area contributed by atoms with E-state index in [4.69, 9.17) is 15.3 Å². The number of ether oxygens (including phenoxy) is 1. The first-order valence-corrected chi connectivity index (χ1v) is 8.31. The molecule has 0 fully saturated rings. The molecular weight excluding hydrogens is 318 g/mol. The molecular formula is C18H23N5O2. The molecule has 25 heavy (non-hydrogen) atoms. The highest BCUT2D eigenvalue weighted by Crippen LogP contribution is 2.40. The number of aliphatic hydroxyl groups excluding tert-OH is 1. The van der Waals surface area contributed by atoms with Gasteiger partial charge in [0.2, 0.25) is 12.2 Å².